The highest BCUT2D eigenvalue weighted by Gasteiger charge is 2.36. The van der Waals surface area contributed by atoms with Gasteiger partial charge in [0.1, 0.15) is 0 Å². The molecule has 1 unspecified atom stereocenters. The fourth-order valence-corrected chi connectivity index (χ4v) is 4.17. The third-order valence-electron chi connectivity index (χ3n) is 5.92. The maximum Gasteiger partial charge on any atom is 0.225 e. The molecule has 1 aromatic rings. The van der Waals surface area contributed by atoms with Gasteiger partial charge in [0.2, 0.25) is 11.9 Å². The summed E-state index contributed by atoms with van der Waals surface area (Å²) in [5.41, 5.74) is 6.40. The van der Waals surface area contributed by atoms with Crippen LogP contribution in [0.2, 0.25) is 0 Å². The number of nitrogens with one attached hydrogen (secondary N) is 1. The molecular weight excluding hydrogens is 333 g/mol. The molecule has 1 aliphatic heterocycles. The van der Waals surface area contributed by atoms with Gasteiger partial charge in [-0.3, -0.25) is 4.79 Å². The number of hydrogen-bond acceptors (Lipinski definition) is 5. The summed E-state index contributed by atoms with van der Waals surface area (Å²) in [4.78, 5) is 22.9. The first-order chi connectivity index (χ1) is 12.6. The Labute approximate surface area is 153 Å². The largest absolute Gasteiger partial charge is 0.351 e. The van der Waals surface area contributed by atoms with Crippen LogP contribution in [0.15, 0.2) is 6.20 Å². The van der Waals surface area contributed by atoms with Crippen LogP contribution >= 0.6 is 0 Å². The highest BCUT2D eigenvalue weighted by atomic mass is 19.1. The average molecular weight is 361 g/mol. The Bertz CT molecular complexity index is 657. The maximum atomic E-state index is 14.4. The minimum Gasteiger partial charge on any atom is -0.351 e. The maximum absolute atomic E-state index is 14.4. The molecule has 1 atom stereocenters. The van der Waals surface area contributed by atoms with Gasteiger partial charge in [0.15, 0.2) is 5.82 Å². The lowest BCUT2D eigenvalue weighted by Crippen LogP contribution is -2.40. The number of amides is 1. The molecule has 0 spiro atoms. The van der Waals surface area contributed by atoms with Gasteiger partial charge in [0.05, 0.1) is 11.9 Å². The molecule has 26 heavy (non-hydrogen) atoms. The summed E-state index contributed by atoms with van der Waals surface area (Å²) in [6.45, 7) is 1.35. The van der Waals surface area contributed by atoms with E-state index in [4.69, 9.17) is 5.73 Å². The first-order valence-electron chi connectivity index (χ1n) is 9.93. The fraction of sp³-hybridized carbons (Fsp3) is 0.737. The molecule has 4 rings (SSSR count). The molecule has 3 N–H and O–H groups in total. The van der Waals surface area contributed by atoms with Gasteiger partial charge in [-0.25, -0.2) is 14.4 Å². The molecule has 2 heterocycles. The summed E-state index contributed by atoms with van der Waals surface area (Å²) in [5.74, 6) is 0.522. The van der Waals surface area contributed by atoms with Crippen molar-refractivity contribution < 1.29 is 9.18 Å². The van der Waals surface area contributed by atoms with Crippen molar-refractivity contribution in [1.82, 2.24) is 14.9 Å². The number of carbonyl (C=O) groups excluding carboxylic acids is 1. The average Bonchev–Trinajstić information content (AvgIpc) is 3.50. The van der Waals surface area contributed by atoms with Gasteiger partial charge in [-0.2, -0.15) is 0 Å². The van der Waals surface area contributed by atoms with Crippen molar-refractivity contribution in [3.63, 3.8) is 0 Å². The zero-order chi connectivity index (χ0) is 18.1. The second-order valence-electron chi connectivity index (χ2n) is 8.08. The van der Waals surface area contributed by atoms with E-state index in [2.05, 4.69) is 15.3 Å². The SMILES string of the molecule is NC1CCC(Nc2ncc(F)c(C3CCCN(C(=O)C4CC4)C3)n2)CC1. The van der Waals surface area contributed by atoms with E-state index in [-0.39, 0.29) is 29.6 Å². The summed E-state index contributed by atoms with van der Waals surface area (Å²) >= 11 is 0. The minimum atomic E-state index is -0.369. The lowest BCUT2D eigenvalue weighted by molar-refractivity contribution is -0.133. The van der Waals surface area contributed by atoms with Crippen LogP contribution in [0.25, 0.3) is 0 Å². The van der Waals surface area contributed by atoms with E-state index in [0.29, 0.717) is 24.2 Å². The Hall–Kier alpha value is -1.76. The van der Waals surface area contributed by atoms with Crippen LogP contribution in [0.1, 0.15) is 63.0 Å². The molecule has 1 aromatic heterocycles. The van der Waals surface area contributed by atoms with Crippen LogP contribution in [-0.2, 0) is 4.79 Å². The topological polar surface area (TPSA) is 84.1 Å². The molecule has 0 bridgehead atoms. The second-order valence-corrected chi connectivity index (χ2v) is 8.08. The smallest absolute Gasteiger partial charge is 0.225 e. The van der Waals surface area contributed by atoms with Crippen molar-refractivity contribution in [3.8, 4) is 0 Å². The standard InChI is InChI=1S/C19H28FN5O/c20-16-10-22-19(23-15-7-5-14(21)6-8-15)24-17(16)13-2-1-9-25(11-13)18(26)12-3-4-12/h10,12-15H,1-9,11,21H2,(H,22,23,24). The van der Waals surface area contributed by atoms with Gasteiger partial charge in [-0.15, -0.1) is 0 Å². The molecule has 1 amide bonds. The zero-order valence-corrected chi connectivity index (χ0v) is 15.2. The molecular formula is C19H28FN5O. The molecule has 0 aromatic carbocycles. The summed E-state index contributed by atoms with van der Waals surface area (Å²) in [6.07, 6.45) is 8.99. The Morgan fingerprint density at radius 2 is 1.96 bits per heavy atom. The van der Waals surface area contributed by atoms with E-state index in [0.717, 1.165) is 57.9 Å². The highest BCUT2D eigenvalue weighted by molar-refractivity contribution is 5.81. The van der Waals surface area contributed by atoms with E-state index in [1.54, 1.807) is 0 Å². The lowest BCUT2D eigenvalue weighted by atomic mass is 9.92. The second kappa shape index (κ2) is 7.47. The van der Waals surface area contributed by atoms with E-state index >= 15 is 0 Å². The van der Waals surface area contributed by atoms with Gasteiger partial charge in [-0.1, -0.05) is 0 Å². The normalized spacial score (nSPS) is 29.5. The number of carbonyl (C=O) groups is 1. The van der Waals surface area contributed by atoms with Crippen molar-refractivity contribution >= 4 is 11.9 Å². The number of anilines is 1. The third kappa shape index (κ3) is 3.98. The Balaban J connectivity index is 1.44. The number of hydrogen-bond donors (Lipinski definition) is 2. The van der Waals surface area contributed by atoms with Crippen LogP contribution in [0, 0.1) is 11.7 Å². The van der Waals surface area contributed by atoms with E-state index in [1.165, 1.54) is 6.20 Å². The number of likely N-dealkylation sites (tertiary alicyclic amines) is 1. The number of piperidine rings is 1. The zero-order valence-electron chi connectivity index (χ0n) is 15.2. The molecule has 2 saturated carbocycles. The lowest BCUT2D eigenvalue weighted by Gasteiger charge is -2.33. The Morgan fingerprint density at radius 1 is 1.19 bits per heavy atom. The predicted molar refractivity (Wildman–Crippen MR) is 97.1 cm³/mol. The number of nitrogens with two attached hydrogens (primary N) is 1. The fourth-order valence-electron chi connectivity index (χ4n) is 4.17. The van der Waals surface area contributed by atoms with Crippen LogP contribution in [0.3, 0.4) is 0 Å². The van der Waals surface area contributed by atoms with Crippen molar-refractivity contribution in [2.24, 2.45) is 11.7 Å². The van der Waals surface area contributed by atoms with Crippen LogP contribution < -0.4 is 11.1 Å². The van der Waals surface area contributed by atoms with E-state index < -0.39 is 0 Å². The molecule has 3 fully saturated rings. The van der Waals surface area contributed by atoms with Gasteiger partial charge < -0.3 is 16.0 Å². The summed E-state index contributed by atoms with van der Waals surface area (Å²) in [7, 11) is 0. The molecule has 1 saturated heterocycles. The quantitative estimate of drug-likeness (QED) is 0.860. The van der Waals surface area contributed by atoms with E-state index in [9.17, 15) is 9.18 Å². The minimum absolute atomic E-state index is 0.0465. The summed E-state index contributed by atoms with van der Waals surface area (Å²) in [6, 6.07) is 0.586. The molecule has 2 aliphatic carbocycles. The van der Waals surface area contributed by atoms with E-state index in [1.807, 2.05) is 4.90 Å². The molecule has 7 heteroatoms. The Morgan fingerprint density at radius 3 is 2.69 bits per heavy atom. The van der Waals surface area contributed by atoms with Gasteiger partial charge in [0, 0.05) is 37.0 Å². The van der Waals surface area contributed by atoms with Gasteiger partial charge in [-0.05, 0) is 51.4 Å². The number of nitrogens with zero attached hydrogens (tertiary/aromatic N) is 3. The number of halogens is 1. The molecule has 6 nitrogen and oxygen atoms in total. The molecule has 3 aliphatic rings. The predicted octanol–water partition coefficient (Wildman–Crippen LogP) is 2.41. The van der Waals surface area contributed by atoms with Gasteiger partial charge >= 0.3 is 0 Å². The van der Waals surface area contributed by atoms with Crippen molar-refractivity contribution in [2.45, 2.75) is 69.4 Å². The Kier molecular flexibility index (Phi) is 5.07. The number of rotatable bonds is 4. The van der Waals surface area contributed by atoms with Crippen molar-refractivity contribution in [2.75, 3.05) is 18.4 Å². The number of aromatic nitrogens is 2. The van der Waals surface area contributed by atoms with Gasteiger partial charge in [0.25, 0.3) is 0 Å². The molecule has 142 valence electrons. The first kappa shape index (κ1) is 17.6. The first-order valence-corrected chi connectivity index (χ1v) is 9.93. The van der Waals surface area contributed by atoms with Crippen LogP contribution in [-0.4, -0.2) is 45.9 Å². The van der Waals surface area contributed by atoms with Crippen LogP contribution in [0.5, 0.6) is 0 Å². The summed E-state index contributed by atoms with van der Waals surface area (Å²) < 4.78 is 14.4. The highest BCUT2D eigenvalue weighted by Crippen LogP contribution is 2.34. The molecule has 0 radical (unpaired) electrons. The summed E-state index contributed by atoms with van der Waals surface area (Å²) in [5, 5.41) is 3.35. The van der Waals surface area contributed by atoms with Crippen molar-refractivity contribution in [3.05, 3.63) is 17.7 Å². The van der Waals surface area contributed by atoms with Crippen molar-refractivity contribution in [1.29, 1.82) is 0 Å². The monoisotopic (exact) mass is 361 g/mol. The van der Waals surface area contributed by atoms with Crippen LogP contribution in [0.4, 0.5) is 10.3 Å². The third-order valence-corrected chi connectivity index (χ3v) is 5.92.